The van der Waals surface area contributed by atoms with Gasteiger partial charge in [0.15, 0.2) is 0 Å². The van der Waals surface area contributed by atoms with E-state index in [9.17, 15) is 19.5 Å². The highest BCUT2D eigenvalue weighted by Gasteiger charge is 2.24. The lowest BCUT2D eigenvalue weighted by Gasteiger charge is -2.09. The van der Waals surface area contributed by atoms with Crippen LogP contribution in [0.15, 0.2) is 46.7 Å². The van der Waals surface area contributed by atoms with Gasteiger partial charge in [0.25, 0.3) is 5.91 Å². The first-order chi connectivity index (χ1) is 11.9. The fraction of sp³-hybridized carbons (Fsp3) is 0.294. The topological polar surface area (TPSA) is 128 Å². The third kappa shape index (κ3) is 6.09. The number of carbonyl (C=O) groups excluding carboxylic acids is 3. The van der Waals surface area contributed by atoms with E-state index in [0.29, 0.717) is 0 Å². The van der Waals surface area contributed by atoms with Crippen molar-refractivity contribution in [3.63, 3.8) is 0 Å². The highest BCUT2D eigenvalue weighted by molar-refractivity contribution is 6.22. The number of aliphatic imine (C=N–C) groups is 1. The maximum absolute atomic E-state index is 12.1. The fourth-order valence-electron chi connectivity index (χ4n) is 1.82. The Bertz CT molecular complexity index is 694. The van der Waals surface area contributed by atoms with Gasteiger partial charge in [0.2, 0.25) is 0 Å². The first kappa shape index (κ1) is 19.9. The van der Waals surface area contributed by atoms with Gasteiger partial charge in [-0.05, 0) is 26.0 Å². The monoisotopic (exact) mass is 348 g/mol. The molecule has 0 saturated heterocycles. The molecule has 1 aromatic carbocycles. The van der Waals surface area contributed by atoms with E-state index in [1.165, 1.54) is 12.1 Å². The van der Waals surface area contributed by atoms with E-state index in [2.05, 4.69) is 4.99 Å². The molecule has 0 atom stereocenters. The second-order valence-electron chi connectivity index (χ2n) is 4.69. The number of amides is 1. The number of aliphatic hydroxyl groups is 1. The predicted octanol–water partition coefficient (Wildman–Crippen LogP) is 1.51. The summed E-state index contributed by atoms with van der Waals surface area (Å²) in [6.45, 7) is 3.27. The van der Waals surface area contributed by atoms with Crippen LogP contribution < -0.4 is 5.73 Å². The van der Waals surface area contributed by atoms with Gasteiger partial charge in [-0.2, -0.15) is 4.99 Å². The quantitative estimate of drug-likeness (QED) is 0.251. The van der Waals surface area contributed by atoms with Crippen molar-refractivity contribution in [3.05, 3.63) is 47.2 Å². The van der Waals surface area contributed by atoms with Gasteiger partial charge in [-0.25, -0.2) is 4.79 Å². The fourth-order valence-corrected chi connectivity index (χ4v) is 1.82. The van der Waals surface area contributed by atoms with E-state index >= 15 is 0 Å². The second kappa shape index (κ2) is 9.86. The molecule has 0 spiro atoms. The van der Waals surface area contributed by atoms with Gasteiger partial charge in [-0.15, -0.1) is 0 Å². The Balaban J connectivity index is 3.17. The van der Waals surface area contributed by atoms with Crippen molar-refractivity contribution in [2.45, 2.75) is 20.3 Å². The van der Waals surface area contributed by atoms with E-state index < -0.39 is 41.4 Å². The summed E-state index contributed by atoms with van der Waals surface area (Å²) in [5.74, 6) is -3.69. The molecule has 0 unspecified atom stereocenters. The van der Waals surface area contributed by atoms with Crippen molar-refractivity contribution in [2.75, 3.05) is 13.2 Å². The average Bonchev–Trinajstić information content (AvgIpc) is 2.56. The average molecular weight is 348 g/mol. The number of hydrogen-bond donors (Lipinski definition) is 2. The number of esters is 2. The Hall–Kier alpha value is -3.16. The van der Waals surface area contributed by atoms with E-state index in [-0.39, 0.29) is 18.8 Å². The molecule has 0 bridgehead atoms. The van der Waals surface area contributed by atoms with E-state index in [1.807, 2.05) is 0 Å². The summed E-state index contributed by atoms with van der Waals surface area (Å²) in [7, 11) is 0. The van der Waals surface area contributed by atoms with Gasteiger partial charge in [0.1, 0.15) is 23.6 Å². The highest BCUT2D eigenvalue weighted by atomic mass is 16.5. The molecule has 0 heterocycles. The number of nitrogens with two attached hydrogens (primary N) is 1. The van der Waals surface area contributed by atoms with E-state index in [4.69, 9.17) is 15.2 Å². The second-order valence-corrected chi connectivity index (χ2v) is 4.69. The van der Waals surface area contributed by atoms with Crippen molar-refractivity contribution in [1.82, 2.24) is 0 Å². The van der Waals surface area contributed by atoms with Crippen molar-refractivity contribution < 1.29 is 29.0 Å². The normalized spacial score (nSPS) is 12.2. The van der Waals surface area contributed by atoms with Crippen LogP contribution in [0.5, 0.6) is 0 Å². The largest absolute Gasteiger partial charge is 0.511 e. The van der Waals surface area contributed by atoms with Gasteiger partial charge in [0.05, 0.1) is 13.2 Å². The molecular weight excluding hydrogens is 328 g/mol. The van der Waals surface area contributed by atoms with Crippen LogP contribution >= 0.6 is 0 Å². The zero-order valence-corrected chi connectivity index (χ0v) is 14.0. The Kier molecular flexibility index (Phi) is 7.85. The summed E-state index contributed by atoms with van der Waals surface area (Å²) >= 11 is 0. The Morgan fingerprint density at radius 2 is 1.68 bits per heavy atom. The summed E-state index contributed by atoms with van der Waals surface area (Å²) in [5.41, 5.74) is 5.40. The Morgan fingerprint density at radius 1 is 1.08 bits per heavy atom. The third-order valence-corrected chi connectivity index (χ3v) is 2.88. The zero-order chi connectivity index (χ0) is 18.8. The molecular formula is C17H20N2O6. The molecule has 3 N–H and O–H groups in total. The Morgan fingerprint density at radius 3 is 2.24 bits per heavy atom. The predicted molar refractivity (Wildman–Crippen MR) is 89.9 cm³/mol. The Labute approximate surface area is 144 Å². The number of nitrogens with zero attached hydrogens (tertiary/aromatic N) is 1. The number of rotatable bonds is 7. The molecule has 134 valence electrons. The molecule has 8 nitrogen and oxygen atoms in total. The molecule has 8 heteroatoms. The molecule has 1 amide bonds. The van der Waals surface area contributed by atoms with Crippen molar-refractivity contribution in [3.8, 4) is 0 Å². The minimum absolute atomic E-state index is 0.00886. The van der Waals surface area contributed by atoms with Gasteiger partial charge >= 0.3 is 11.9 Å². The highest BCUT2D eigenvalue weighted by Crippen LogP contribution is 2.11. The molecule has 0 aliphatic rings. The number of carbonyl (C=O) groups is 3. The third-order valence-electron chi connectivity index (χ3n) is 2.88. The number of benzene rings is 1. The molecule has 0 saturated carbocycles. The minimum atomic E-state index is -0.994. The van der Waals surface area contributed by atoms with E-state index in [1.54, 1.807) is 32.0 Å². The molecule has 0 radical (unpaired) electrons. The van der Waals surface area contributed by atoms with Crippen LogP contribution in [-0.2, 0) is 19.1 Å². The first-order valence-corrected chi connectivity index (χ1v) is 7.59. The van der Waals surface area contributed by atoms with E-state index in [0.717, 1.165) is 0 Å². The van der Waals surface area contributed by atoms with Crippen molar-refractivity contribution >= 4 is 23.7 Å². The lowest BCUT2D eigenvalue weighted by molar-refractivity contribution is -0.142. The van der Waals surface area contributed by atoms with Gasteiger partial charge in [0, 0.05) is 5.56 Å². The lowest BCUT2D eigenvalue weighted by atomic mass is 10.1. The van der Waals surface area contributed by atoms with Crippen LogP contribution in [0.3, 0.4) is 0 Å². The summed E-state index contributed by atoms with van der Waals surface area (Å²) < 4.78 is 9.49. The first-order valence-electron chi connectivity index (χ1n) is 7.59. The maximum Gasteiger partial charge on any atom is 0.345 e. The van der Waals surface area contributed by atoms with Crippen LogP contribution in [-0.4, -0.2) is 42.0 Å². The van der Waals surface area contributed by atoms with Crippen LogP contribution in [0.2, 0.25) is 0 Å². The van der Waals surface area contributed by atoms with Gasteiger partial charge < -0.3 is 20.3 Å². The zero-order valence-electron chi connectivity index (χ0n) is 14.0. The summed E-state index contributed by atoms with van der Waals surface area (Å²) in [6, 6.07) is 8.04. The number of amidine groups is 1. The van der Waals surface area contributed by atoms with Crippen LogP contribution in [0.25, 0.3) is 0 Å². The molecule has 0 aromatic heterocycles. The van der Waals surface area contributed by atoms with Crippen molar-refractivity contribution in [2.24, 2.45) is 10.7 Å². The molecule has 1 aromatic rings. The maximum atomic E-state index is 12.1. The SMILES string of the molecule is CCOC(=O)CC(O)=C(C(=O)OCC)C(N)=NC(=O)c1ccccc1. The summed E-state index contributed by atoms with van der Waals surface area (Å²) in [5, 5.41) is 10.1. The van der Waals surface area contributed by atoms with Crippen LogP contribution in [0, 0.1) is 0 Å². The van der Waals surface area contributed by atoms with Crippen LogP contribution in [0.4, 0.5) is 0 Å². The summed E-state index contributed by atoms with van der Waals surface area (Å²) in [6.07, 6.45) is -0.599. The standard InChI is InChI=1S/C17H20N2O6/c1-3-24-13(21)10-12(20)14(17(23)25-4-2)15(18)19-16(22)11-8-6-5-7-9-11/h5-9,20H,3-4,10H2,1-2H3,(H2,18,19,22). The molecule has 0 aliphatic carbocycles. The molecule has 25 heavy (non-hydrogen) atoms. The number of aliphatic hydroxyl groups excluding tert-OH is 1. The lowest BCUT2D eigenvalue weighted by Crippen LogP contribution is -2.27. The minimum Gasteiger partial charge on any atom is -0.511 e. The molecule has 0 aliphatic heterocycles. The van der Waals surface area contributed by atoms with Crippen LogP contribution in [0.1, 0.15) is 30.6 Å². The number of hydrogen-bond acceptors (Lipinski definition) is 6. The smallest absolute Gasteiger partial charge is 0.345 e. The van der Waals surface area contributed by atoms with Gasteiger partial charge in [-0.3, -0.25) is 9.59 Å². The van der Waals surface area contributed by atoms with Crippen molar-refractivity contribution in [1.29, 1.82) is 0 Å². The van der Waals surface area contributed by atoms with Gasteiger partial charge in [-0.1, -0.05) is 18.2 Å². The molecule has 1 rings (SSSR count). The number of ether oxygens (including phenoxy) is 2. The molecule has 0 fully saturated rings. The summed E-state index contributed by atoms with van der Waals surface area (Å²) in [4.78, 5) is 39.2.